The minimum Gasteiger partial charge on any atom is -0.497 e. The van der Waals surface area contributed by atoms with Crippen LogP contribution in [-0.4, -0.2) is 18.4 Å². The number of methoxy groups -OCH3 is 1. The molecule has 0 spiro atoms. The summed E-state index contributed by atoms with van der Waals surface area (Å²) in [6.45, 7) is 0. The van der Waals surface area contributed by atoms with Crippen LogP contribution in [0.25, 0.3) is 11.3 Å². The zero-order valence-electron chi connectivity index (χ0n) is 9.38. The molecule has 86 valence electrons. The van der Waals surface area contributed by atoms with Gasteiger partial charge in [0.25, 0.3) is 0 Å². The second kappa shape index (κ2) is 4.65. The Morgan fingerprint density at radius 2 is 2.12 bits per heavy atom. The van der Waals surface area contributed by atoms with Gasteiger partial charge < -0.3 is 10.5 Å². The number of carbonyl (C=O) groups is 1. The van der Waals surface area contributed by atoms with Crippen molar-refractivity contribution < 1.29 is 9.53 Å². The monoisotopic (exact) mass is 228 g/mol. The van der Waals surface area contributed by atoms with Gasteiger partial charge in [-0.15, -0.1) is 0 Å². The van der Waals surface area contributed by atoms with Crippen LogP contribution in [0.1, 0.15) is 10.4 Å². The summed E-state index contributed by atoms with van der Waals surface area (Å²) in [5.41, 5.74) is 7.51. The predicted octanol–water partition coefficient (Wildman–Crippen LogP) is 2.15. The van der Waals surface area contributed by atoms with Crippen LogP contribution in [0.2, 0.25) is 0 Å². The van der Waals surface area contributed by atoms with Gasteiger partial charge in [-0.1, -0.05) is 12.1 Å². The molecule has 1 aromatic heterocycles. The van der Waals surface area contributed by atoms with Crippen molar-refractivity contribution in [2.45, 2.75) is 0 Å². The Kier molecular flexibility index (Phi) is 3.05. The lowest BCUT2D eigenvalue weighted by molar-refractivity contribution is 0.112. The number of nitrogens with two attached hydrogens (primary N) is 1. The molecule has 0 aliphatic rings. The molecule has 0 amide bonds. The van der Waals surface area contributed by atoms with E-state index in [1.165, 1.54) is 0 Å². The molecule has 0 saturated carbocycles. The molecule has 4 heteroatoms. The molecule has 2 N–H and O–H groups in total. The standard InChI is InChI=1S/C13H12N2O2/c1-17-11-4-2-3-9(7-11)13-10(8-16)5-6-12(14)15-13/h2-8H,1H3,(H2,14,15). The second-order valence-corrected chi connectivity index (χ2v) is 3.52. The van der Waals surface area contributed by atoms with Gasteiger partial charge in [0.1, 0.15) is 11.6 Å². The smallest absolute Gasteiger partial charge is 0.152 e. The van der Waals surface area contributed by atoms with Gasteiger partial charge in [-0.3, -0.25) is 4.79 Å². The Hall–Kier alpha value is -2.36. The summed E-state index contributed by atoms with van der Waals surface area (Å²) >= 11 is 0. The average Bonchev–Trinajstić information content (AvgIpc) is 2.39. The van der Waals surface area contributed by atoms with Crippen molar-refractivity contribution in [3.8, 4) is 17.0 Å². The SMILES string of the molecule is COc1cccc(-c2nc(N)ccc2C=O)c1. The first-order chi connectivity index (χ1) is 8.24. The zero-order chi connectivity index (χ0) is 12.3. The van der Waals surface area contributed by atoms with E-state index in [1.54, 1.807) is 19.2 Å². The first kappa shape index (κ1) is 11.1. The lowest BCUT2D eigenvalue weighted by Crippen LogP contribution is -1.97. The molecule has 1 heterocycles. The second-order valence-electron chi connectivity index (χ2n) is 3.52. The number of pyridine rings is 1. The van der Waals surface area contributed by atoms with Crippen LogP contribution >= 0.6 is 0 Å². The van der Waals surface area contributed by atoms with E-state index in [0.717, 1.165) is 11.8 Å². The lowest BCUT2D eigenvalue weighted by atomic mass is 10.1. The molecule has 0 bridgehead atoms. The topological polar surface area (TPSA) is 65.2 Å². The maximum absolute atomic E-state index is 11.0. The number of anilines is 1. The summed E-state index contributed by atoms with van der Waals surface area (Å²) in [6, 6.07) is 10.6. The van der Waals surface area contributed by atoms with Crippen LogP contribution in [0.15, 0.2) is 36.4 Å². The Morgan fingerprint density at radius 3 is 2.82 bits per heavy atom. The molecule has 0 aliphatic carbocycles. The number of nitrogens with zero attached hydrogens (tertiary/aromatic N) is 1. The van der Waals surface area contributed by atoms with Gasteiger partial charge in [0.2, 0.25) is 0 Å². The maximum atomic E-state index is 11.0. The number of nitrogen functional groups attached to an aromatic ring is 1. The third-order valence-electron chi connectivity index (χ3n) is 2.42. The van der Waals surface area contributed by atoms with Crippen molar-refractivity contribution in [3.05, 3.63) is 42.0 Å². The van der Waals surface area contributed by atoms with Crippen LogP contribution in [0.4, 0.5) is 5.82 Å². The van der Waals surface area contributed by atoms with Crippen LogP contribution in [0.5, 0.6) is 5.75 Å². The lowest BCUT2D eigenvalue weighted by Gasteiger charge is -2.07. The van der Waals surface area contributed by atoms with Gasteiger partial charge in [-0.2, -0.15) is 0 Å². The summed E-state index contributed by atoms with van der Waals surface area (Å²) in [5, 5.41) is 0. The Balaban J connectivity index is 2.58. The van der Waals surface area contributed by atoms with Gasteiger partial charge in [0, 0.05) is 11.1 Å². The molecule has 0 atom stereocenters. The van der Waals surface area contributed by atoms with Crippen LogP contribution in [0, 0.1) is 0 Å². The maximum Gasteiger partial charge on any atom is 0.152 e. The summed E-state index contributed by atoms with van der Waals surface area (Å²) in [6.07, 6.45) is 0.765. The van der Waals surface area contributed by atoms with Crippen LogP contribution in [0.3, 0.4) is 0 Å². The predicted molar refractivity (Wildman–Crippen MR) is 66.0 cm³/mol. The third-order valence-corrected chi connectivity index (χ3v) is 2.42. The molecule has 4 nitrogen and oxygen atoms in total. The quantitative estimate of drug-likeness (QED) is 0.817. The van der Waals surface area contributed by atoms with Crippen molar-refractivity contribution >= 4 is 12.1 Å². The number of hydrogen-bond acceptors (Lipinski definition) is 4. The fourth-order valence-corrected chi connectivity index (χ4v) is 1.58. The van der Waals surface area contributed by atoms with Gasteiger partial charge in [-0.05, 0) is 24.3 Å². The molecular weight excluding hydrogens is 216 g/mol. The van der Waals surface area contributed by atoms with Crippen LogP contribution < -0.4 is 10.5 Å². The Morgan fingerprint density at radius 1 is 1.29 bits per heavy atom. The third kappa shape index (κ3) is 2.25. The first-order valence-corrected chi connectivity index (χ1v) is 5.10. The Bertz CT molecular complexity index is 553. The number of ether oxygens (including phenoxy) is 1. The highest BCUT2D eigenvalue weighted by Crippen LogP contribution is 2.25. The minimum absolute atomic E-state index is 0.383. The van der Waals surface area contributed by atoms with Crippen molar-refractivity contribution in [1.82, 2.24) is 4.98 Å². The fourth-order valence-electron chi connectivity index (χ4n) is 1.58. The van der Waals surface area contributed by atoms with Gasteiger partial charge >= 0.3 is 0 Å². The van der Waals surface area contributed by atoms with E-state index in [4.69, 9.17) is 10.5 Å². The van der Waals surface area contributed by atoms with Gasteiger partial charge in [0.15, 0.2) is 6.29 Å². The van der Waals surface area contributed by atoms with E-state index < -0.39 is 0 Å². The number of aromatic nitrogens is 1. The van der Waals surface area contributed by atoms with E-state index in [2.05, 4.69) is 4.98 Å². The molecular formula is C13H12N2O2. The molecule has 1 aromatic carbocycles. The molecule has 0 aliphatic heterocycles. The van der Waals surface area contributed by atoms with Crippen LogP contribution in [-0.2, 0) is 0 Å². The van der Waals surface area contributed by atoms with Crippen molar-refractivity contribution in [2.75, 3.05) is 12.8 Å². The van der Waals surface area contributed by atoms with E-state index in [-0.39, 0.29) is 0 Å². The summed E-state index contributed by atoms with van der Waals surface area (Å²) < 4.78 is 5.13. The number of rotatable bonds is 3. The molecule has 0 saturated heterocycles. The molecule has 2 aromatic rings. The average molecular weight is 228 g/mol. The van der Waals surface area contributed by atoms with Crippen molar-refractivity contribution in [3.63, 3.8) is 0 Å². The molecule has 0 unspecified atom stereocenters. The van der Waals surface area contributed by atoms with Gasteiger partial charge in [-0.25, -0.2) is 4.98 Å². The fraction of sp³-hybridized carbons (Fsp3) is 0.0769. The summed E-state index contributed by atoms with van der Waals surface area (Å²) in [5.74, 6) is 1.09. The minimum atomic E-state index is 0.383. The summed E-state index contributed by atoms with van der Waals surface area (Å²) in [4.78, 5) is 15.1. The zero-order valence-corrected chi connectivity index (χ0v) is 9.38. The number of aldehydes is 1. The van der Waals surface area contributed by atoms with Crippen molar-refractivity contribution in [1.29, 1.82) is 0 Å². The van der Waals surface area contributed by atoms with Crippen molar-refractivity contribution in [2.24, 2.45) is 0 Å². The normalized spacial score (nSPS) is 9.94. The van der Waals surface area contributed by atoms with Gasteiger partial charge in [0.05, 0.1) is 12.8 Å². The largest absolute Gasteiger partial charge is 0.497 e. The molecule has 17 heavy (non-hydrogen) atoms. The molecule has 0 radical (unpaired) electrons. The van der Waals surface area contributed by atoms with E-state index in [0.29, 0.717) is 22.8 Å². The highest BCUT2D eigenvalue weighted by atomic mass is 16.5. The molecule has 0 fully saturated rings. The number of carbonyl (C=O) groups excluding carboxylic acids is 1. The number of hydrogen-bond donors (Lipinski definition) is 1. The number of benzene rings is 1. The van der Waals surface area contributed by atoms with E-state index in [1.807, 2.05) is 24.3 Å². The first-order valence-electron chi connectivity index (χ1n) is 5.10. The van der Waals surface area contributed by atoms with E-state index in [9.17, 15) is 4.79 Å². The Labute approximate surface area is 99.1 Å². The summed E-state index contributed by atoms with van der Waals surface area (Å²) in [7, 11) is 1.59. The molecule has 2 rings (SSSR count). The highest BCUT2D eigenvalue weighted by molar-refractivity contribution is 5.86. The van der Waals surface area contributed by atoms with E-state index >= 15 is 0 Å². The highest BCUT2D eigenvalue weighted by Gasteiger charge is 2.07.